The van der Waals surface area contributed by atoms with Crippen molar-refractivity contribution in [2.75, 3.05) is 13.2 Å². The number of hydrogen-bond acceptors (Lipinski definition) is 3. The SMILES string of the molecule is CCCCCCCCCCCCNC(CC(=O)OCC)C(F)(F)C(F)(F)C(F)(F)C(F)(F)C(F)(F)F. The molecule has 0 saturated heterocycles. The first-order chi connectivity index (χ1) is 16.4. The van der Waals surface area contributed by atoms with E-state index in [1.54, 1.807) is 5.32 Å². The van der Waals surface area contributed by atoms with Gasteiger partial charge in [0.25, 0.3) is 0 Å². The number of nitrogens with one attached hydrogen (secondary N) is 1. The standard InChI is InChI=1S/C22H34F11NO2/c1-3-5-6-7-8-9-10-11-12-13-14-34-16(15-17(35)36-4-2)18(23,24)19(25,26)20(27,28)21(29,30)22(31,32)33/h16,34H,3-15H2,1-2H3. The summed E-state index contributed by atoms with van der Waals surface area (Å²) in [7, 11) is 0. The van der Waals surface area contributed by atoms with E-state index in [0.717, 1.165) is 44.9 Å². The Balaban J connectivity index is 5.29. The molecule has 0 aliphatic rings. The van der Waals surface area contributed by atoms with Gasteiger partial charge in [-0.1, -0.05) is 64.7 Å². The lowest BCUT2D eigenvalue weighted by Gasteiger charge is -2.40. The first kappa shape index (κ1) is 34.7. The van der Waals surface area contributed by atoms with Gasteiger partial charge in [0.05, 0.1) is 19.1 Å². The van der Waals surface area contributed by atoms with Crippen LogP contribution in [0.3, 0.4) is 0 Å². The molecule has 0 saturated carbocycles. The third kappa shape index (κ3) is 8.90. The maximum absolute atomic E-state index is 14.5. The summed E-state index contributed by atoms with van der Waals surface area (Å²) in [5, 5.41) is 1.75. The summed E-state index contributed by atoms with van der Waals surface area (Å²) in [6, 6.07) is -3.19. The normalized spacial score (nSPS) is 14.7. The van der Waals surface area contributed by atoms with Gasteiger partial charge >= 0.3 is 35.8 Å². The summed E-state index contributed by atoms with van der Waals surface area (Å²) in [5.74, 6) is -29.9. The maximum Gasteiger partial charge on any atom is 0.460 e. The minimum Gasteiger partial charge on any atom is -0.466 e. The second kappa shape index (κ2) is 14.6. The van der Waals surface area contributed by atoms with Gasteiger partial charge in [0.1, 0.15) is 0 Å². The molecule has 0 aromatic rings. The highest BCUT2D eigenvalue weighted by Crippen LogP contribution is 2.58. The summed E-state index contributed by atoms with van der Waals surface area (Å²) in [5.41, 5.74) is 0. The van der Waals surface area contributed by atoms with Gasteiger partial charge in [-0.25, -0.2) is 0 Å². The fourth-order valence-corrected chi connectivity index (χ4v) is 3.41. The summed E-state index contributed by atoms with van der Waals surface area (Å²) < 4.78 is 152. The van der Waals surface area contributed by atoms with Crippen molar-refractivity contribution in [3.8, 4) is 0 Å². The monoisotopic (exact) mass is 553 g/mol. The van der Waals surface area contributed by atoms with Crippen molar-refractivity contribution in [1.82, 2.24) is 5.32 Å². The molecule has 1 atom stereocenters. The van der Waals surface area contributed by atoms with Crippen LogP contribution in [0.5, 0.6) is 0 Å². The lowest BCUT2D eigenvalue weighted by atomic mass is 9.91. The molecule has 0 heterocycles. The van der Waals surface area contributed by atoms with Crippen LogP contribution in [0.25, 0.3) is 0 Å². The summed E-state index contributed by atoms with van der Waals surface area (Å²) in [6.45, 7) is 2.38. The zero-order valence-corrected chi connectivity index (χ0v) is 20.2. The molecule has 0 spiro atoms. The van der Waals surface area contributed by atoms with Crippen LogP contribution in [-0.4, -0.2) is 55.0 Å². The summed E-state index contributed by atoms with van der Waals surface area (Å²) in [6.07, 6.45) is -0.678. The first-order valence-electron chi connectivity index (χ1n) is 11.9. The van der Waals surface area contributed by atoms with Gasteiger partial charge in [0.2, 0.25) is 0 Å². The van der Waals surface area contributed by atoms with E-state index in [9.17, 15) is 53.1 Å². The molecule has 0 fully saturated rings. The van der Waals surface area contributed by atoms with Crippen LogP contribution in [0, 0.1) is 0 Å². The summed E-state index contributed by atoms with van der Waals surface area (Å²) in [4.78, 5) is 11.6. The molecule has 216 valence electrons. The molecule has 1 N–H and O–H groups in total. The van der Waals surface area contributed by atoms with E-state index in [-0.39, 0.29) is 6.42 Å². The van der Waals surface area contributed by atoms with Crippen LogP contribution in [0.2, 0.25) is 0 Å². The number of esters is 1. The zero-order chi connectivity index (χ0) is 28.3. The predicted molar refractivity (Wildman–Crippen MR) is 111 cm³/mol. The second-order valence-electron chi connectivity index (χ2n) is 8.54. The minimum atomic E-state index is -7.52. The molecule has 1 unspecified atom stereocenters. The Bertz CT molecular complexity index is 640. The van der Waals surface area contributed by atoms with Gasteiger partial charge in [-0.15, -0.1) is 0 Å². The van der Waals surface area contributed by atoms with Crippen molar-refractivity contribution in [3.63, 3.8) is 0 Å². The van der Waals surface area contributed by atoms with E-state index >= 15 is 0 Å². The largest absolute Gasteiger partial charge is 0.466 e. The van der Waals surface area contributed by atoms with Gasteiger partial charge < -0.3 is 10.1 Å². The van der Waals surface area contributed by atoms with Crippen LogP contribution in [0.4, 0.5) is 48.3 Å². The smallest absolute Gasteiger partial charge is 0.460 e. The molecule has 14 heteroatoms. The van der Waals surface area contributed by atoms with Crippen molar-refractivity contribution in [3.05, 3.63) is 0 Å². The average Bonchev–Trinajstić information content (AvgIpc) is 2.75. The lowest BCUT2D eigenvalue weighted by molar-refractivity contribution is -0.424. The number of hydrogen-bond donors (Lipinski definition) is 1. The average molecular weight is 553 g/mol. The zero-order valence-electron chi connectivity index (χ0n) is 20.2. The quantitative estimate of drug-likeness (QED) is 0.100. The third-order valence-electron chi connectivity index (χ3n) is 5.60. The maximum atomic E-state index is 14.5. The molecule has 0 aromatic carbocycles. The van der Waals surface area contributed by atoms with Gasteiger partial charge in [-0.2, -0.15) is 48.3 Å². The molecular weight excluding hydrogens is 519 g/mol. The van der Waals surface area contributed by atoms with Crippen molar-refractivity contribution in [2.45, 2.75) is 120 Å². The Kier molecular flexibility index (Phi) is 14.0. The van der Waals surface area contributed by atoms with Crippen LogP contribution in [-0.2, 0) is 9.53 Å². The van der Waals surface area contributed by atoms with E-state index in [1.165, 1.54) is 6.92 Å². The Morgan fingerprint density at radius 3 is 1.53 bits per heavy atom. The van der Waals surface area contributed by atoms with Crippen LogP contribution < -0.4 is 5.32 Å². The van der Waals surface area contributed by atoms with Crippen LogP contribution in [0.15, 0.2) is 0 Å². The fourth-order valence-electron chi connectivity index (χ4n) is 3.41. The molecule has 0 aliphatic heterocycles. The fraction of sp³-hybridized carbons (Fsp3) is 0.955. The number of unbranched alkanes of at least 4 members (excludes halogenated alkanes) is 9. The number of halogens is 11. The molecule has 0 radical (unpaired) electrons. The summed E-state index contributed by atoms with van der Waals surface area (Å²) >= 11 is 0. The van der Waals surface area contributed by atoms with E-state index in [0.29, 0.717) is 12.8 Å². The van der Waals surface area contributed by atoms with Gasteiger partial charge in [0.15, 0.2) is 0 Å². The number of carbonyl (C=O) groups is 1. The molecule has 3 nitrogen and oxygen atoms in total. The Morgan fingerprint density at radius 2 is 1.11 bits per heavy atom. The van der Waals surface area contributed by atoms with E-state index in [2.05, 4.69) is 11.7 Å². The molecule has 0 rings (SSSR count). The van der Waals surface area contributed by atoms with Gasteiger partial charge in [0, 0.05) is 0 Å². The van der Waals surface area contributed by atoms with E-state index < -0.39 is 61.5 Å². The van der Waals surface area contributed by atoms with Crippen molar-refractivity contribution in [1.29, 1.82) is 0 Å². The minimum absolute atomic E-state index is 0.0753. The topological polar surface area (TPSA) is 38.3 Å². The van der Waals surface area contributed by atoms with E-state index in [1.807, 2.05) is 0 Å². The number of carbonyl (C=O) groups excluding carboxylic acids is 1. The van der Waals surface area contributed by atoms with Gasteiger partial charge in [-0.3, -0.25) is 4.79 Å². The Morgan fingerprint density at radius 1 is 0.667 bits per heavy atom. The number of alkyl halides is 11. The molecule has 0 amide bonds. The van der Waals surface area contributed by atoms with Crippen LogP contribution in [0.1, 0.15) is 84.5 Å². The van der Waals surface area contributed by atoms with Crippen molar-refractivity contribution in [2.24, 2.45) is 0 Å². The first-order valence-corrected chi connectivity index (χ1v) is 11.9. The molecule has 36 heavy (non-hydrogen) atoms. The second-order valence-corrected chi connectivity index (χ2v) is 8.54. The highest BCUT2D eigenvalue weighted by molar-refractivity contribution is 5.70. The number of ether oxygens (including phenoxy) is 1. The predicted octanol–water partition coefficient (Wildman–Crippen LogP) is 7.92. The van der Waals surface area contributed by atoms with Gasteiger partial charge in [-0.05, 0) is 19.9 Å². The Labute approximate surface area is 203 Å². The Hall–Kier alpha value is -1.34. The third-order valence-corrected chi connectivity index (χ3v) is 5.60. The number of rotatable bonds is 19. The van der Waals surface area contributed by atoms with Crippen molar-refractivity contribution < 1.29 is 57.8 Å². The highest BCUT2D eigenvalue weighted by Gasteiger charge is 2.87. The van der Waals surface area contributed by atoms with E-state index in [4.69, 9.17) is 0 Å². The van der Waals surface area contributed by atoms with Crippen molar-refractivity contribution >= 4 is 5.97 Å². The highest BCUT2D eigenvalue weighted by atomic mass is 19.4. The molecule has 0 bridgehead atoms. The molecule has 0 aromatic heterocycles. The lowest BCUT2D eigenvalue weighted by Crippen LogP contribution is -2.70. The molecule has 0 aliphatic carbocycles. The molecular formula is C22H34F11NO2. The van der Waals surface area contributed by atoms with Crippen LogP contribution >= 0.6 is 0 Å².